The largest absolute Gasteiger partial charge is 0.455 e. The molecule has 0 bridgehead atoms. The van der Waals surface area contributed by atoms with E-state index in [1.165, 1.54) is 6.20 Å². The molecule has 150 valence electrons. The lowest BCUT2D eigenvalue weighted by atomic mass is 10.1. The zero-order valence-corrected chi connectivity index (χ0v) is 17.6. The van der Waals surface area contributed by atoms with Crippen molar-refractivity contribution >= 4 is 23.5 Å². The van der Waals surface area contributed by atoms with Gasteiger partial charge < -0.3 is 10.1 Å². The molecule has 1 N–H and O–H groups in total. The Morgan fingerprint density at radius 2 is 1.71 bits per heavy atom. The summed E-state index contributed by atoms with van der Waals surface area (Å²) in [5.74, 6) is -1.13. The number of aromatic nitrogens is 2. The summed E-state index contributed by atoms with van der Waals surface area (Å²) in [6.45, 7) is 9.23. The number of carbonyl (C=O) groups is 2. The Morgan fingerprint density at radius 3 is 2.25 bits per heavy atom. The van der Waals surface area contributed by atoms with E-state index in [4.69, 9.17) is 16.3 Å². The van der Waals surface area contributed by atoms with Gasteiger partial charge in [-0.15, -0.1) is 0 Å². The molecule has 0 radical (unpaired) electrons. The van der Waals surface area contributed by atoms with Crippen molar-refractivity contribution in [3.05, 3.63) is 46.9 Å². The SMILES string of the molecule is CCC(CC)NC(=O)c1nc(-c2ccc(Cl)cc2)cnc1C(=O)OC(C)(C)C. The zero-order chi connectivity index (χ0) is 20.9. The van der Waals surface area contributed by atoms with Gasteiger partial charge in [-0.3, -0.25) is 4.79 Å². The molecule has 0 aliphatic heterocycles. The zero-order valence-electron chi connectivity index (χ0n) is 16.9. The first kappa shape index (κ1) is 21.8. The number of halogens is 1. The van der Waals surface area contributed by atoms with Crippen molar-refractivity contribution in [2.75, 3.05) is 0 Å². The monoisotopic (exact) mass is 403 g/mol. The van der Waals surface area contributed by atoms with Crippen LogP contribution in [0.5, 0.6) is 0 Å². The molecule has 0 saturated carbocycles. The van der Waals surface area contributed by atoms with E-state index < -0.39 is 17.5 Å². The van der Waals surface area contributed by atoms with Crippen LogP contribution in [-0.2, 0) is 4.74 Å². The molecule has 0 aliphatic rings. The van der Waals surface area contributed by atoms with Gasteiger partial charge in [-0.25, -0.2) is 14.8 Å². The second-order valence-corrected chi connectivity index (χ2v) is 7.88. The molecule has 0 unspecified atom stereocenters. The van der Waals surface area contributed by atoms with E-state index in [9.17, 15) is 9.59 Å². The van der Waals surface area contributed by atoms with E-state index in [-0.39, 0.29) is 17.4 Å². The first-order valence-electron chi connectivity index (χ1n) is 9.31. The Hall–Kier alpha value is -2.47. The van der Waals surface area contributed by atoms with Gasteiger partial charge in [0.25, 0.3) is 5.91 Å². The maximum absolute atomic E-state index is 12.9. The molecule has 7 heteroatoms. The Balaban J connectivity index is 2.47. The minimum Gasteiger partial charge on any atom is -0.455 e. The first-order valence-corrected chi connectivity index (χ1v) is 9.69. The summed E-state index contributed by atoms with van der Waals surface area (Å²) in [4.78, 5) is 34.1. The topological polar surface area (TPSA) is 81.2 Å². The van der Waals surface area contributed by atoms with E-state index in [1.807, 2.05) is 13.8 Å². The van der Waals surface area contributed by atoms with Crippen LogP contribution in [0.4, 0.5) is 0 Å². The van der Waals surface area contributed by atoms with Crippen LogP contribution in [0, 0.1) is 0 Å². The van der Waals surface area contributed by atoms with Crippen molar-refractivity contribution in [2.24, 2.45) is 0 Å². The molecule has 28 heavy (non-hydrogen) atoms. The maximum atomic E-state index is 12.9. The summed E-state index contributed by atoms with van der Waals surface area (Å²) < 4.78 is 5.39. The van der Waals surface area contributed by atoms with Crippen LogP contribution in [0.2, 0.25) is 5.02 Å². The van der Waals surface area contributed by atoms with E-state index in [0.29, 0.717) is 10.7 Å². The third kappa shape index (κ3) is 5.76. The molecular weight excluding hydrogens is 378 g/mol. The van der Waals surface area contributed by atoms with Crippen molar-refractivity contribution in [1.82, 2.24) is 15.3 Å². The molecule has 0 atom stereocenters. The summed E-state index contributed by atoms with van der Waals surface area (Å²) >= 11 is 5.94. The molecule has 1 heterocycles. The highest BCUT2D eigenvalue weighted by Gasteiger charge is 2.27. The Morgan fingerprint density at radius 1 is 1.11 bits per heavy atom. The predicted molar refractivity (Wildman–Crippen MR) is 109 cm³/mol. The van der Waals surface area contributed by atoms with Gasteiger partial charge in [0.2, 0.25) is 0 Å². The fourth-order valence-electron chi connectivity index (χ4n) is 2.53. The number of esters is 1. The Bertz CT molecular complexity index is 841. The molecule has 2 aromatic rings. The summed E-state index contributed by atoms with van der Waals surface area (Å²) in [5.41, 5.74) is 0.351. The van der Waals surface area contributed by atoms with Crippen LogP contribution in [0.25, 0.3) is 11.3 Å². The van der Waals surface area contributed by atoms with Crippen molar-refractivity contribution in [1.29, 1.82) is 0 Å². The summed E-state index contributed by atoms with van der Waals surface area (Å²) in [6, 6.07) is 7.00. The molecule has 0 aliphatic carbocycles. The molecular formula is C21H26ClN3O3. The molecule has 1 amide bonds. The van der Waals surface area contributed by atoms with Crippen LogP contribution >= 0.6 is 11.6 Å². The Kier molecular flexibility index (Phi) is 7.13. The van der Waals surface area contributed by atoms with Crippen molar-refractivity contribution in [3.8, 4) is 11.3 Å². The highest BCUT2D eigenvalue weighted by Crippen LogP contribution is 2.21. The lowest BCUT2D eigenvalue weighted by Gasteiger charge is -2.20. The third-order valence-electron chi connectivity index (χ3n) is 4.04. The number of ether oxygens (including phenoxy) is 1. The smallest absolute Gasteiger partial charge is 0.359 e. The van der Waals surface area contributed by atoms with Crippen molar-refractivity contribution < 1.29 is 14.3 Å². The van der Waals surface area contributed by atoms with Crippen molar-refractivity contribution in [2.45, 2.75) is 59.1 Å². The second kappa shape index (κ2) is 9.15. The van der Waals surface area contributed by atoms with Gasteiger partial charge in [-0.05, 0) is 45.7 Å². The fraction of sp³-hybridized carbons (Fsp3) is 0.429. The summed E-state index contributed by atoms with van der Waals surface area (Å²) in [7, 11) is 0. The number of carbonyl (C=O) groups excluding carboxylic acids is 2. The number of hydrogen-bond donors (Lipinski definition) is 1. The van der Waals surface area contributed by atoms with E-state index >= 15 is 0 Å². The van der Waals surface area contributed by atoms with Crippen LogP contribution in [0.1, 0.15) is 68.4 Å². The fourth-order valence-corrected chi connectivity index (χ4v) is 2.66. The van der Waals surface area contributed by atoms with Gasteiger partial charge in [0, 0.05) is 16.6 Å². The molecule has 1 aromatic carbocycles. The van der Waals surface area contributed by atoms with E-state index in [0.717, 1.165) is 18.4 Å². The van der Waals surface area contributed by atoms with Gasteiger partial charge in [0.05, 0.1) is 11.9 Å². The number of benzene rings is 1. The molecule has 0 fully saturated rings. The average molecular weight is 404 g/mol. The van der Waals surface area contributed by atoms with Crippen LogP contribution in [0.3, 0.4) is 0 Å². The standard InChI is InChI=1S/C21H26ClN3O3/c1-6-15(7-2)24-19(26)17-18(20(27)28-21(3,4)5)23-12-16(25-17)13-8-10-14(22)11-9-13/h8-12,15H,6-7H2,1-5H3,(H,24,26). The average Bonchev–Trinajstić information content (AvgIpc) is 2.64. The maximum Gasteiger partial charge on any atom is 0.359 e. The minimum atomic E-state index is -0.712. The molecule has 0 saturated heterocycles. The number of nitrogens with zero attached hydrogens (tertiary/aromatic N) is 2. The third-order valence-corrected chi connectivity index (χ3v) is 4.29. The van der Waals surface area contributed by atoms with Crippen LogP contribution < -0.4 is 5.32 Å². The van der Waals surface area contributed by atoms with Gasteiger partial charge >= 0.3 is 5.97 Å². The molecule has 2 rings (SSSR count). The van der Waals surface area contributed by atoms with Gasteiger partial charge in [0.1, 0.15) is 5.60 Å². The van der Waals surface area contributed by atoms with E-state index in [2.05, 4.69) is 15.3 Å². The predicted octanol–water partition coefficient (Wildman–Crippen LogP) is 4.67. The molecule has 1 aromatic heterocycles. The van der Waals surface area contributed by atoms with Crippen LogP contribution in [-0.4, -0.2) is 33.5 Å². The number of rotatable bonds is 6. The highest BCUT2D eigenvalue weighted by atomic mass is 35.5. The normalized spacial score (nSPS) is 11.4. The van der Waals surface area contributed by atoms with Gasteiger partial charge in [-0.2, -0.15) is 0 Å². The van der Waals surface area contributed by atoms with Gasteiger partial charge in [0.15, 0.2) is 11.4 Å². The molecule has 0 spiro atoms. The van der Waals surface area contributed by atoms with E-state index in [1.54, 1.807) is 45.0 Å². The highest BCUT2D eigenvalue weighted by molar-refractivity contribution is 6.30. The number of hydrogen-bond acceptors (Lipinski definition) is 5. The summed E-state index contributed by atoms with van der Waals surface area (Å²) in [6.07, 6.45) is 3.00. The Labute approximate surface area is 170 Å². The number of nitrogens with one attached hydrogen (secondary N) is 1. The minimum absolute atomic E-state index is 0.0139. The lowest BCUT2D eigenvalue weighted by Crippen LogP contribution is -2.36. The molecule has 6 nitrogen and oxygen atoms in total. The summed E-state index contributed by atoms with van der Waals surface area (Å²) in [5, 5.41) is 3.50. The lowest BCUT2D eigenvalue weighted by molar-refractivity contribution is 0.00600. The van der Waals surface area contributed by atoms with Gasteiger partial charge in [-0.1, -0.05) is 37.6 Å². The number of amides is 1. The quantitative estimate of drug-likeness (QED) is 0.708. The first-order chi connectivity index (χ1) is 13.1. The van der Waals surface area contributed by atoms with Crippen molar-refractivity contribution in [3.63, 3.8) is 0 Å². The van der Waals surface area contributed by atoms with Crippen LogP contribution in [0.15, 0.2) is 30.5 Å². The second-order valence-electron chi connectivity index (χ2n) is 7.45.